The molecule has 0 amide bonds. The summed E-state index contributed by atoms with van der Waals surface area (Å²) < 4.78 is 25.7. The topological polar surface area (TPSA) is 18.5 Å². The Balaban J connectivity index is 2.30. The quantitative estimate of drug-likeness (QED) is 0.607. The molecule has 0 unspecified atom stereocenters. The third-order valence-corrected chi connectivity index (χ3v) is 4.44. The fraction of sp³-hybridized carbons (Fsp3) is 0.538. The second kappa shape index (κ2) is 4.55. The maximum absolute atomic E-state index is 14.0. The summed E-state index contributed by atoms with van der Waals surface area (Å²) in [6.07, 6.45) is 1.92. The van der Waals surface area contributed by atoms with Crippen LogP contribution in [0.15, 0.2) is 23.1 Å². The van der Waals surface area contributed by atoms with Crippen molar-refractivity contribution in [3.63, 3.8) is 0 Å². The summed E-state index contributed by atoms with van der Waals surface area (Å²) in [7, 11) is -0.633. The van der Waals surface area contributed by atoms with E-state index in [1.165, 1.54) is 17.8 Å². The summed E-state index contributed by atoms with van der Waals surface area (Å²) in [5, 5.41) is 0. The molecule has 1 aromatic carbocycles. The number of thioether (sulfide) groups is 1. The van der Waals surface area contributed by atoms with Gasteiger partial charge in [-0.05, 0) is 46.1 Å². The van der Waals surface area contributed by atoms with Gasteiger partial charge in [0.05, 0.1) is 11.2 Å². The van der Waals surface area contributed by atoms with Gasteiger partial charge in [-0.2, -0.15) is 0 Å². The molecule has 0 aromatic heterocycles. The Morgan fingerprint density at radius 1 is 1.11 bits per heavy atom. The van der Waals surface area contributed by atoms with Crippen molar-refractivity contribution >= 4 is 24.3 Å². The molecule has 98 valence electrons. The number of hydrogen-bond donors (Lipinski definition) is 0. The molecule has 0 saturated carbocycles. The van der Waals surface area contributed by atoms with Gasteiger partial charge < -0.3 is 9.31 Å². The Kier molecular flexibility index (Phi) is 3.51. The molecule has 0 N–H and O–H groups in total. The first-order valence-electron chi connectivity index (χ1n) is 5.96. The summed E-state index contributed by atoms with van der Waals surface area (Å²) >= 11 is 1.51. The number of halogens is 1. The molecule has 1 fully saturated rings. The van der Waals surface area contributed by atoms with Crippen LogP contribution in [-0.4, -0.2) is 24.6 Å². The van der Waals surface area contributed by atoms with E-state index in [4.69, 9.17) is 9.31 Å². The van der Waals surface area contributed by atoms with Crippen LogP contribution in [0.1, 0.15) is 27.7 Å². The van der Waals surface area contributed by atoms with Crippen LogP contribution in [-0.2, 0) is 9.31 Å². The van der Waals surface area contributed by atoms with Crippen molar-refractivity contribution in [2.75, 3.05) is 6.26 Å². The lowest BCUT2D eigenvalue weighted by Gasteiger charge is -2.32. The van der Waals surface area contributed by atoms with Gasteiger partial charge in [0.1, 0.15) is 5.82 Å². The minimum Gasteiger partial charge on any atom is -0.399 e. The maximum Gasteiger partial charge on any atom is 0.497 e. The highest BCUT2D eigenvalue weighted by atomic mass is 32.2. The van der Waals surface area contributed by atoms with Crippen LogP contribution in [0, 0.1) is 5.82 Å². The Morgan fingerprint density at radius 3 is 2.11 bits per heavy atom. The van der Waals surface area contributed by atoms with Gasteiger partial charge in [0, 0.05) is 10.4 Å². The SMILES string of the molecule is CSc1ccc(B2OC(C)(C)C(C)(C)O2)c(F)c1. The molecule has 0 radical (unpaired) electrons. The van der Waals surface area contributed by atoms with Crippen LogP contribution < -0.4 is 5.46 Å². The van der Waals surface area contributed by atoms with E-state index in [1.807, 2.05) is 40.0 Å². The number of benzene rings is 1. The Morgan fingerprint density at radius 2 is 1.67 bits per heavy atom. The monoisotopic (exact) mass is 268 g/mol. The van der Waals surface area contributed by atoms with Crippen molar-refractivity contribution in [3.8, 4) is 0 Å². The number of rotatable bonds is 2. The molecule has 1 heterocycles. The Labute approximate surface area is 112 Å². The summed E-state index contributed by atoms with van der Waals surface area (Å²) in [5.41, 5.74) is -0.420. The summed E-state index contributed by atoms with van der Waals surface area (Å²) in [6, 6.07) is 5.14. The van der Waals surface area contributed by atoms with Gasteiger partial charge >= 0.3 is 7.12 Å². The van der Waals surface area contributed by atoms with Gasteiger partial charge in [-0.15, -0.1) is 11.8 Å². The smallest absolute Gasteiger partial charge is 0.399 e. The van der Waals surface area contributed by atoms with E-state index in [2.05, 4.69) is 0 Å². The highest BCUT2D eigenvalue weighted by molar-refractivity contribution is 7.98. The lowest BCUT2D eigenvalue weighted by Crippen LogP contribution is -2.41. The van der Waals surface area contributed by atoms with Crippen LogP contribution in [0.5, 0.6) is 0 Å². The first-order valence-corrected chi connectivity index (χ1v) is 7.18. The van der Waals surface area contributed by atoms with Crippen LogP contribution >= 0.6 is 11.8 Å². The van der Waals surface area contributed by atoms with E-state index in [1.54, 1.807) is 6.07 Å². The highest BCUT2D eigenvalue weighted by Crippen LogP contribution is 2.36. The Bertz CT molecular complexity index is 446. The molecule has 0 spiro atoms. The van der Waals surface area contributed by atoms with Crippen LogP contribution in [0.2, 0.25) is 0 Å². The van der Waals surface area contributed by atoms with Crippen LogP contribution in [0.4, 0.5) is 4.39 Å². The van der Waals surface area contributed by atoms with Crippen molar-refractivity contribution < 1.29 is 13.7 Å². The van der Waals surface area contributed by atoms with E-state index in [9.17, 15) is 4.39 Å². The predicted molar refractivity (Wildman–Crippen MR) is 73.9 cm³/mol. The average molecular weight is 268 g/mol. The summed E-state index contributed by atoms with van der Waals surface area (Å²) in [5.74, 6) is -0.277. The largest absolute Gasteiger partial charge is 0.497 e. The van der Waals surface area contributed by atoms with Crippen LogP contribution in [0.25, 0.3) is 0 Å². The third kappa shape index (κ3) is 2.31. The highest BCUT2D eigenvalue weighted by Gasteiger charge is 2.52. The maximum atomic E-state index is 14.0. The summed E-state index contributed by atoms with van der Waals surface area (Å²) in [4.78, 5) is 0.896. The van der Waals surface area contributed by atoms with Gasteiger partial charge in [0.15, 0.2) is 0 Å². The fourth-order valence-electron chi connectivity index (χ4n) is 1.80. The predicted octanol–water partition coefficient (Wildman–Crippen LogP) is 2.85. The molecular formula is C13H18BFO2S. The molecule has 2 rings (SSSR count). The first-order chi connectivity index (χ1) is 8.27. The van der Waals surface area contributed by atoms with Gasteiger partial charge in [-0.3, -0.25) is 0 Å². The zero-order valence-electron chi connectivity index (χ0n) is 11.4. The standard InChI is InChI=1S/C13H18BFO2S/c1-12(2)13(3,4)17-14(16-12)10-7-6-9(18-5)8-11(10)15/h6-8H,1-5H3. The molecule has 18 heavy (non-hydrogen) atoms. The number of hydrogen-bond acceptors (Lipinski definition) is 3. The second-order valence-electron chi connectivity index (χ2n) is 5.48. The third-order valence-electron chi connectivity index (χ3n) is 3.71. The normalized spacial score (nSPS) is 21.3. The van der Waals surface area contributed by atoms with E-state index in [-0.39, 0.29) is 5.82 Å². The molecule has 0 bridgehead atoms. The van der Waals surface area contributed by atoms with Crippen molar-refractivity contribution in [1.82, 2.24) is 0 Å². The van der Waals surface area contributed by atoms with Crippen molar-refractivity contribution in [3.05, 3.63) is 24.0 Å². The summed E-state index contributed by atoms with van der Waals surface area (Å²) in [6.45, 7) is 7.84. The van der Waals surface area contributed by atoms with Crippen molar-refractivity contribution in [1.29, 1.82) is 0 Å². The second-order valence-corrected chi connectivity index (χ2v) is 6.36. The molecular weight excluding hydrogens is 250 g/mol. The first kappa shape index (κ1) is 13.9. The molecule has 1 aliphatic heterocycles. The van der Waals surface area contributed by atoms with Gasteiger partial charge in [-0.1, -0.05) is 6.07 Å². The lowest BCUT2D eigenvalue weighted by molar-refractivity contribution is 0.00578. The molecule has 1 aliphatic rings. The average Bonchev–Trinajstić information content (AvgIpc) is 2.47. The van der Waals surface area contributed by atoms with Gasteiger partial charge in [0.2, 0.25) is 0 Å². The van der Waals surface area contributed by atoms with Crippen molar-refractivity contribution in [2.45, 2.75) is 43.8 Å². The van der Waals surface area contributed by atoms with Crippen molar-refractivity contribution in [2.24, 2.45) is 0 Å². The zero-order chi connectivity index (χ0) is 13.6. The molecule has 2 nitrogen and oxygen atoms in total. The van der Waals surface area contributed by atoms with E-state index in [0.717, 1.165) is 4.90 Å². The van der Waals surface area contributed by atoms with Gasteiger partial charge in [-0.25, -0.2) is 4.39 Å². The van der Waals surface area contributed by atoms with E-state index < -0.39 is 18.3 Å². The molecule has 1 aromatic rings. The van der Waals surface area contributed by atoms with Gasteiger partial charge in [0.25, 0.3) is 0 Å². The molecule has 5 heteroatoms. The molecule has 0 atom stereocenters. The zero-order valence-corrected chi connectivity index (χ0v) is 12.2. The fourth-order valence-corrected chi connectivity index (χ4v) is 2.22. The van der Waals surface area contributed by atoms with Crippen LogP contribution in [0.3, 0.4) is 0 Å². The van der Waals surface area contributed by atoms with E-state index in [0.29, 0.717) is 5.46 Å². The lowest BCUT2D eigenvalue weighted by atomic mass is 9.79. The Hall–Kier alpha value is -0.515. The minimum absolute atomic E-state index is 0.277. The van der Waals surface area contributed by atoms with E-state index >= 15 is 0 Å². The minimum atomic E-state index is -0.633. The molecule has 0 aliphatic carbocycles. The molecule has 1 saturated heterocycles.